The second kappa shape index (κ2) is 17.2. The van der Waals surface area contributed by atoms with E-state index >= 15 is 0 Å². The minimum atomic E-state index is -3.67. The van der Waals surface area contributed by atoms with Crippen molar-refractivity contribution in [2.45, 2.75) is 19.4 Å². The van der Waals surface area contributed by atoms with Gasteiger partial charge in [0.25, 0.3) is 26.1 Å². The Morgan fingerprint density at radius 1 is 0.791 bits per heavy atom. The highest BCUT2D eigenvalue weighted by molar-refractivity contribution is 7.85. The summed E-state index contributed by atoms with van der Waals surface area (Å²) in [5, 5.41) is 10.9. The van der Waals surface area contributed by atoms with E-state index in [1.165, 1.54) is 26.9 Å². The fraction of sp³-hybridized carbons (Fsp3) is 0.286. The topological polar surface area (TPSA) is 215 Å². The van der Waals surface area contributed by atoms with Gasteiger partial charge in [0.1, 0.15) is 5.84 Å². The third-order valence-electron chi connectivity index (χ3n) is 5.43. The Labute approximate surface area is 252 Å². The third kappa shape index (κ3) is 14.6. The number of hydrogen-bond donors (Lipinski definition) is 5. The molecular formula is C28H37N3O10S2. The molecule has 3 rings (SSSR count). The van der Waals surface area contributed by atoms with Crippen LogP contribution in [0, 0.1) is 5.41 Å². The Morgan fingerprint density at radius 2 is 1.26 bits per heavy atom. The first-order valence-electron chi connectivity index (χ1n) is 12.4. The van der Waals surface area contributed by atoms with Gasteiger partial charge < -0.3 is 25.3 Å². The van der Waals surface area contributed by atoms with Crippen LogP contribution in [0.15, 0.2) is 60.7 Å². The van der Waals surface area contributed by atoms with E-state index in [0.29, 0.717) is 47.4 Å². The van der Waals surface area contributed by atoms with E-state index in [2.05, 4.69) is 17.4 Å². The summed E-state index contributed by atoms with van der Waals surface area (Å²) in [6, 6.07) is 18.9. The van der Waals surface area contributed by atoms with Crippen molar-refractivity contribution in [3.63, 3.8) is 0 Å². The standard InChI is InChI=1S/C26H29N3O4.2CH4O3S/c1-31-22-14-21(15-23(32-2)24(22)33-3)26(30)29-25(28)19-12-9-17(10-13-19)8-11-18-6-4-5-7-20(18)16-27;2*1-5(2,3)4/h4-7,9-10,12-15H,8,11,16,27H2,1-3H3,(H2,28,29,30);2*1H3,(H,2,3,4). The van der Waals surface area contributed by atoms with Crippen LogP contribution in [0.5, 0.6) is 17.2 Å². The number of amidine groups is 1. The molecule has 6 N–H and O–H groups in total. The van der Waals surface area contributed by atoms with Gasteiger partial charge in [0.15, 0.2) is 11.5 Å². The van der Waals surface area contributed by atoms with Crippen LogP contribution >= 0.6 is 0 Å². The minimum Gasteiger partial charge on any atom is -0.493 e. The van der Waals surface area contributed by atoms with Crippen LogP contribution in [0.1, 0.15) is 32.6 Å². The summed E-state index contributed by atoms with van der Waals surface area (Å²) in [6.45, 7) is 0.526. The monoisotopic (exact) mass is 639 g/mol. The number of ether oxygens (including phenoxy) is 3. The van der Waals surface area contributed by atoms with Crippen molar-refractivity contribution in [1.29, 1.82) is 5.41 Å². The van der Waals surface area contributed by atoms with Crippen molar-refractivity contribution in [2.75, 3.05) is 33.8 Å². The lowest BCUT2D eigenvalue weighted by Crippen LogP contribution is -2.30. The van der Waals surface area contributed by atoms with E-state index in [0.717, 1.165) is 24.0 Å². The van der Waals surface area contributed by atoms with Crippen LogP contribution in [-0.4, -0.2) is 71.5 Å². The largest absolute Gasteiger partial charge is 0.493 e. The maximum Gasteiger partial charge on any atom is 0.261 e. The van der Waals surface area contributed by atoms with Crippen molar-refractivity contribution < 1.29 is 44.9 Å². The molecule has 0 aliphatic rings. The smallest absolute Gasteiger partial charge is 0.261 e. The molecule has 0 spiro atoms. The van der Waals surface area contributed by atoms with E-state index in [9.17, 15) is 21.6 Å². The number of methoxy groups -OCH3 is 3. The predicted molar refractivity (Wildman–Crippen MR) is 164 cm³/mol. The molecule has 0 saturated heterocycles. The highest BCUT2D eigenvalue weighted by Crippen LogP contribution is 2.38. The van der Waals surface area contributed by atoms with E-state index < -0.39 is 26.1 Å². The zero-order chi connectivity index (χ0) is 32.8. The molecule has 0 bridgehead atoms. The number of nitrogens with two attached hydrogens (primary N) is 1. The molecule has 1 amide bonds. The normalized spacial score (nSPS) is 10.7. The van der Waals surface area contributed by atoms with Crippen LogP contribution in [-0.2, 0) is 39.6 Å². The van der Waals surface area contributed by atoms with Crippen LogP contribution in [0.3, 0.4) is 0 Å². The van der Waals surface area contributed by atoms with Gasteiger partial charge in [0.05, 0.1) is 33.8 Å². The average Bonchev–Trinajstić information content (AvgIpc) is 2.93. The highest BCUT2D eigenvalue weighted by Gasteiger charge is 2.18. The first-order valence-corrected chi connectivity index (χ1v) is 16.1. The fourth-order valence-corrected chi connectivity index (χ4v) is 3.59. The minimum absolute atomic E-state index is 0.00813. The number of aryl methyl sites for hydroxylation is 2. The number of nitrogens with one attached hydrogen (secondary N) is 2. The predicted octanol–water partition coefficient (Wildman–Crippen LogP) is 2.72. The van der Waals surface area contributed by atoms with Crippen LogP contribution in [0.4, 0.5) is 0 Å². The number of carbonyl (C=O) groups is 1. The summed E-state index contributed by atoms with van der Waals surface area (Å²) in [6.07, 6.45) is 3.18. The lowest BCUT2D eigenvalue weighted by atomic mass is 9.99. The number of rotatable bonds is 9. The van der Waals surface area contributed by atoms with Gasteiger partial charge in [-0.15, -0.1) is 0 Å². The zero-order valence-corrected chi connectivity index (χ0v) is 26.1. The Balaban J connectivity index is 0.000000798. The lowest BCUT2D eigenvalue weighted by molar-refractivity contribution is 0.0976. The summed E-state index contributed by atoms with van der Waals surface area (Å²) in [4.78, 5) is 12.7. The summed E-state index contributed by atoms with van der Waals surface area (Å²) >= 11 is 0. The molecule has 0 heterocycles. The first-order chi connectivity index (χ1) is 20.0. The Bertz CT molecular complexity index is 1520. The zero-order valence-electron chi connectivity index (χ0n) is 24.4. The van der Waals surface area contributed by atoms with Crippen molar-refractivity contribution in [2.24, 2.45) is 5.73 Å². The maximum atomic E-state index is 12.7. The SMILES string of the molecule is COc1cc(C(=O)NC(=N)c2ccc(CCc3ccccc3CN)cc2)cc(OC)c1OC.CS(=O)(=O)O.CS(=O)(=O)O. The molecule has 0 unspecified atom stereocenters. The van der Waals surface area contributed by atoms with E-state index in [4.69, 9.17) is 34.5 Å². The van der Waals surface area contributed by atoms with Crippen LogP contribution in [0.25, 0.3) is 0 Å². The van der Waals surface area contributed by atoms with Gasteiger partial charge in [-0.05, 0) is 41.7 Å². The Hall–Kier alpha value is -4.02. The van der Waals surface area contributed by atoms with Crippen molar-refractivity contribution in [3.8, 4) is 17.2 Å². The number of benzene rings is 3. The van der Waals surface area contributed by atoms with E-state index in [-0.39, 0.29) is 5.84 Å². The molecule has 15 heteroatoms. The van der Waals surface area contributed by atoms with Gasteiger partial charge in [-0.3, -0.25) is 19.3 Å². The highest BCUT2D eigenvalue weighted by atomic mass is 32.2. The summed E-state index contributed by atoms with van der Waals surface area (Å²) < 4.78 is 67.6. The molecular weight excluding hydrogens is 602 g/mol. The quantitative estimate of drug-likeness (QED) is 0.130. The van der Waals surface area contributed by atoms with Gasteiger partial charge in [-0.1, -0.05) is 48.5 Å². The van der Waals surface area contributed by atoms with E-state index in [1.54, 1.807) is 12.1 Å². The van der Waals surface area contributed by atoms with Crippen molar-refractivity contribution in [1.82, 2.24) is 5.32 Å². The molecule has 0 fully saturated rings. The number of amides is 1. The molecule has 3 aromatic carbocycles. The molecule has 236 valence electrons. The third-order valence-corrected chi connectivity index (χ3v) is 5.43. The molecule has 0 atom stereocenters. The molecule has 3 aromatic rings. The summed E-state index contributed by atoms with van der Waals surface area (Å²) in [7, 11) is -2.87. The Kier molecular flexibility index (Phi) is 14.8. The molecule has 0 aliphatic heterocycles. The second-order valence-electron chi connectivity index (χ2n) is 8.88. The van der Waals surface area contributed by atoms with Gasteiger partial charge in [0.2, 0.25) is 5.75 Å². The number of carbonyl (C=O) groups excluding carboxylic acids is 1. The van der Waals surface area contributed by atoms with Crippen LogP contribution < -0.4 is 25.3 Å². The lowest BCUT2D eigenvalue weighted by Gasteiger charge is -2.14. The van der Waals surface area contributed by atoms with Crippen molar-refractivity contribution in [3.05, 3.63) is 88.5 Å². The average molecular weight is 640 g/mol. The maximum absolute atomic E-state index is 12.7. The first kappa shape index (κ1) is 37.0. The Morgan fingerprint density at radius 3 is 1.67 bits per heavy atom. The van der Waals surface area contributed by atoms with Crippen LogP contribution in [0.2, 0.25) is 0 Å². The number of hydrogen-bond acceptors (Lipinski definition) is 10. The van der Waals surface area contributed by atoms with Gasteiger partial charge >= 0.3 is 0 Å². The molecule has 0 aromatic heterocycles. The van der Waals surface area contributed by atoms with Crippen molar-refractivity contribution >= 4 is 32.0 Å². The van der Waals surface area contributed by atoms with E-state index in [1.807, 2.05) is 36.4 Å². The molecule has 13 nitrogen and oxygen atoms in total. The summed E-state index contributed by atoms with van der Waals surface area (Å²) in [5.74, 6) is 0.704. The molecule has 0 radical (unpaired) electrons. The molecule has 0 aliphatic carbocycles. The summed E-state index contributed by atoms with van der Waals surface area (Å²) in [5.41, 5.74) is 10.3. The van der Waals surface area contributed by atoms with Gasteiger partial charge in [-0.25, -0.2) is 0 Å². The fourth-order valence-electron chi connectivity index (χ4n) is 3.59. The molecule has 43 heavy (non-hydrogen) atoms. The van der Waals surface area contributed by atoms with Gasteiger partial charge in [-0.2, -0.15) is 16.8 Å². The molecule has 0 saturated carbocycles. The second-order valence-corrected chi connectivity index (χ2v) is 11.8. The van der Waals surface area contributed by atoms with Gasteiger partial charge in [0, 0.05) is 17.7 Å².